The number of imide groups is 1. The number of nitrogens with one attached hydrogen (secondary N) is 2. The molecule has 0 fully saturated rings. The number of benzene rings is 1. The monoisotopic (exact) mass is 582 g/mol. The zero-order valence-electron chi connectivity index (χ0n) is 18.4. The molecular weight excluding hydrogens is 567 g/mol. The Morgan fingerprint density at radius 2 is 1.86 bits per heavy atom. The zero-order valence-corrected chi connectivity index (χ0v) is 21.5. The summed E-state index contributed by atoms with van der Waals surface area (Å²) in [4.78, 5) is 54.0. The quantitative estimate of drug-likeness (QED) is 0.440. The van der Waals surface area contributed by atoms with Crippen molar-refractivity contribution in [1.29, 1.82) is 0 Å². The van der Waals surface area contributed by atoms with Crippen LogP contribution in [0.5, 0.6) is 0 Å². The molecule has 0 aliphatic carbocycles. The Labute approximate surface area is 217 Å². The first-order valence-electron chi connectivity index (χ1n) is 9.71. The zero-order chi connectivity index (χ0) is 25.9. The lowest BCUT2D eigenvalue weighted by atomic mass is 10.1. The van der Waals surface area contributed by atoms with Gasteiger partial charge in [-0.1, -0.05) is 23.2 Å². The van der Waals surface area contributed by atoms with E-state index in [0.29, 0.717) is 10.7 Å². The minimum absolute atomic E-state index is 0.0165. The smallest absolute Gasteiger partial charge is 0.435 e. The van der Waals surface area contributed by atoms with Crippen LogP contribution in [0.25, 0.3) is 5.82 Å². The molecule has 0 bridgehead atoms. The SMILES string of the molecule is COC(=O)N(NC(=O)c1cc(Cl)cc(Br)c1NC(=O)c1cc(C)nn1-c1ncccc1Cl)C(C)=O. The first-order valence-corrected chi connectivity index (χ1v) is 11.3. The van der Waals surface area contributed by atoms with Crippen LogP contribution in [0.1, 0.15) is 33.5 Å². The molecule has 0 aliphatic rings. The number of hydrogen-bond donors (Lipinski definition) is 2. The number of nitrogens with zero attached hydrogens (tertiary/aromatic N) is 4. The van der Waals surface area contributed by atoms with E-state index in [9.17, 15) is 19.2 Å². The van der Waals surface area contributed by atoms with E-state index in [1.54, 1.807) is 19.1 Å². The number of aryl methyl sites for hydroxylation is 1. The maximum Gasteiger partial charge on any atom is 0.435 e. The second-order valence-corrected chi connectivity index (χ2v) is 8.62. The Morgan fingerprint density at radius 3 is 2.49 bits per heavy atom. The molecule has 0 radical (unpaired) electrons. The molecule has 2 heterocycles. The fraction of sp³-hybridized carbons (Fsp3) is 0.143. The fourth-order valence-electron chi connectivity index (χ4n) is 2.92. The topological polar surface area (TPSA) is 136 Å². The molecule has 2 aromatic heterocycles. The third-order valence-corrected chi connectivity index (χ3v) is 5.57. The second-order valence-electron chi connectivity index (χ2n) is 6.92. The van der Waals surface area contributed by atoms with Gasteiger partial charge in [0.2, 0.25) is 5.91 Å². The number of carbonyl (C=O) groups excluding carboxylic acids is 4. The number of pyridine rings is 1. The lowest BCUT2D eigenvalue weighted by Crippen LogP contribution is -2.49. The van der Waals surface area contributed by atoms with E-state index < -0.39 is 23.8 Å². The van der Waals surface area contributed by atoms with Crippen LogP contribution in [0.2, 0.25) is 10.0 Å². The van der Waals surface area contributed by atoms with E-state index in [0.717, 1.165) is 14.0 Å². The Balaban J connectivity index is 2.00. The molecule has 3 rings (SSSR count). The normalized spacial score (nSPS) is 10.5. The van der Waals surface area contributed by atoms with E-state index in [2.05, 4.69) is 41.5 Å². The molecule has 0 saturated carbocycles. The number of aromatic nitrogens is 3. The predicted molar refractivity (Wildman–Crippen MR) is 131 cm³/mol. The van der Waals surface area contributed by atoms with Gasteiger partial charge in [0.25, 0.3) is 11.8 Å². The largest absolute Gasteiger partial charge is 0.451 e. The molecule has 3 aromatic rings. The summed E-state index contributed by atoms with van der Waals surface area (Å²) in [6, 6.07) is 7.46. The van der Waals surface area contributed by atoms with Gasteiger partial charge in [0, 0.05) is 22.6 Å². The van der Waals surface area contributed by atoms with E-state index in [-0.39, 0.29) is 37.3 Å². The van der Waals surface area contributed by atoms with Crippen LogP contribution >= 0.6 is 39.1 Å². The van der Waals surface area contributed by atoms with Gasteiger partial charge in [-0.15, -0.1) is 0 Å². The minimum atomic E-state index is -1.11. The van der Waals surface area contributed by atoms with Crippen molar-refractivity contribution >= 4 is 68.6 Å². The third kappa shape index (κ3) is 5.78. The Bertz CT molecular complexity index is 1350. The van der Waals surface area contributed by atoms with Crippen LogP contribution in [0.15, 0.2) is 41.0 Å². The van der Waals surface area contributed by atoms with Gasteiger partial charge >= 0.3 is 6.09 Å². The number of rotatable bonds is 4. The number of hydrogen-bond acceptors (Lipinski definition) is 7. The molecular formula is C21H17BrCl2N6O5. The number of methoxy groups -OCH3 is 1. The van der Waals surface area contributed by atoms with Gasteiger partial charge in [0.15, 0.2) is 5.82 Å². The number of carbonyl (C=O) groups is 4. The Morgan fingerprint density at radius 1 is 1.14 bits per heavy atom. The fourth-order valence-corrected chi connectivity index (χ4v) is 4.03. The van der Waals surface area contributed by atoms with Crippen LogP contribution in [-0.4, -0.2) is 50.7 Å². The van der Waals surface area contributed by atoms with Gasteiger partial charge in [0.1, 0.15) is 5.69 Å². The van der Waals surface area contributed by atoms with Gasteiger partial charge in [0.05, 0.1) is 29.1 Å². The maximum atomic E-state index is 13.3. The van der Waals surface area contributed by atoms with Crippen LogP contribution < -0.4 is 10.7 Å². The van der Waals surface area contributed by atoms with Crippen molar-refractivity contribution in [3.8, 4) is 5.82 Å². The van der Waals surface area contributed by atoms with Gasteiger partial charge in [-0.25, -0.2) is 14.5 Å². The number of ether oxygens (including phenoxy) is 1. The average molecular weight is 584 g/mol. The number of anilines is 1. The molecule has 4 amide bonds. The van der Waals surface area contributed by atoms with Crippen molar-refractivity contribution in [2.75, 3.05) is 12.4 Å². The third-order valence-electron chi connectivity index (χ3n) is 4.43. The number of halogens is 3. The molecule has 0 unspecified atom stereocenters. The average Bonchev–Trinajstić information content (AvgIpc) is 3.19. The van der Waals surface area contributed by atoms with Crippen LogP contribution in [0.3, 0.4) is 0 Å². The van der Waals surface area contributed by atoms with Gasteiger partial charge in [-0.2, -0.15) is 10.1 Å². The van der Waals surface area contributed by atoms with E-state index >= 15 is 0 Å². The van der Waals surface area contributed by atoms with Crippen molar-refractivity contribution in [2.24, 2.45) is 0 Å². The molecule has 11 nitrogen and oxygen atoms in total. The summed E-state index contributed by atoms with van der Waals surface area (Å²) in [5, 5.41) is 7.72. The number of amides is 4. The molecule has 0 spiro atoms. The lowest BCUT2D eigenvalue weighted by Gasteiger charge is -2.20. The van der Waals surface area contributed by atoms with Crippen LogP contribution in [-0.2, 0) is 9.53 Å². The van der Waals surface area contributed by atoms with Crippen molar-refractivity contribution in [3.05, 3.63) is 68.0 Å². The molecule has 1 aromatic carbocycles. The summed E-state index contributed by atoms with van der Waals surface area (Å²) in [5.41, 5.74) is 2.60. The number of hydrazine groups is 1. The highest BCUT2D eigenvalue weighted by Crippen LogP contribution is 2.31. The Hall–Kier alpha value is -3.48. The summed E-state index contributed by atoms with van der Waals surface area (Å²) in [6.45, 7) is 2.74. The Kier molecular flexibility index (Phi) is 8.10. The summed E-state index contributed by atoms with van der Waals surface area (Å²) in [5.74, 6) is -2.14. The lowest BCUT2D eigenvalue weighted by molar-refractivity contribution is -0.129. The maximum absolute atomic E-state index is 13.3. The van der Waals surface area contributed by atoms with E-state index in [4.69, 9.17) is 23.2 Å². The predicted octanol–water partition coefficient (Wildman–Crippen LogP) is 4.16. The van der Waals surface area contributed by atoms with Crippen LogP contribution in [0, 0.1) is 6.92 Å². The molecule has 0 atom stereocenters. The highest BCUT2D eigenvalue weighted by atomic mass is 79.9. The van der Waals surface area contributed by atoms with Gasteiger partial charge in [-0.3, -0.25) is 19.8 Å². The molecule has 14 heteroatoms. The van der Waals surface area contributed by atoms with Gasteiger partial charge < -0.3 is 10.1 Å². The summed E-state index contributed by atoms with van der Waals surface area (Å²) >= 11 is 15.6. The highest BCUT2D eigenvalue weighted by Gasteiger charge is 2.26. The van der Waals surface area contributed by atoms with Crippen molar-refractivity contribution in [1.82, 2.24) is 25.2 Å². The summed E-state index contributed by atoms with van der Waals surface area (Å²) in [6.07, 6.45) is 0.393. The standard InChI is InChI=1S/C21H17BrCl2N6O5/c1-10-7-16(30(27-10)18-15(24)5-4-6-25-18)20(33)26-17-13(8-12(23)9-14(17)22)19(32)28-29(11(2)31)21(34)35-3/h4-9H,1-3H3,(H,26,33)(H,28,32). The molecule has 0 saturated heterocycles. The molecule has 182 valence electrons. The van der Waals surface area contributed by atoms with E-state index in [1.165, 1.54) is 29.1 Å². The molecule has 0 aliphatic heterocycles. The van der Waals surface area contributed by atoms with Crippen molar-refractivity contribution in [3.63, 3.8) is 0 Å². The second kappa shape index (κ2) is 10.8. The molecule has 35 heavy (non-hydrogen) atoms. The minimum Gasteiger partial charge on any atom is -0.451 e. The van der Waals surface area contributed by atoms with Crippen LogP contribution in [0.4, 0.5) is 10.5 Å². The molecule has 2 N–H and O–H groups in total. The summed E-state index contributed by atoms with van der Waals surface area (Å²) in [7, 11) is 1.05. The summed E-state index contributed by atoms with van der Waals surface area (Å²) < 4.78 is 6.03. The van der Waals surface area contributed by atoms with Crippen molar-refractivity contribution in [2.45, 2.75) is 13.8 Å². The first kappa shape index (κ1) is 26.1. The highest BCUT2D eigenvalue weighted by molar-refractivity contribution is 9.10. The first-order chi connectivity index (χ1) is 16.5. The van der Waals surface area contributed by atoms with Gasteiger partial charge in [-0.05, 0) is 53.2 Å². The van der Waals surface area contributed by atoms with E-state index in [1.807, 2.05) is 0 Å². The van der Waals surface area contributed by atoms with Crippen molar-refractivity contribution < 1.29 is 23.9 Å².